The number of anilines is 1. The number of amides is 2. The fourth-order valence-electron chi connectivity index (χ4n) is 3.68. The van der Waals surface area contributed by atoms with E-state index in [0.29, 0.717) is 23.5 Å². The van der Waals surface area contributed by atoms with Crippen LogP contribution in [0.4, 0.5) is 5.69 Å². The minimum atomic E-state index is -0.426. The van der Waals surface area contributed by atoms with E-state index in [1.54, 1.807) is 42.6 Å². The molecule has 0 atom stereocenters. The lowest BCUT2D eigenvalue weighted by atomic mass is 10.1. The van der Waals surface area contributed by atoms with Crippen LogP contribution in [0.15, 0.2) is 95.9 Å². The van der Waals surface area contributed by atoms with E-state index in [0.717, 1.165) is 16.7 Å². The molecule has 3 aromatic carbocycles. The SMILES string of the molecule is Cc1ccccc1CNC(=O)c1cccn(-c2ccc(NC(=O)c3ccccc3C)cc2)c1=O. The summed E-state index contributed by atoms with van der Waals surface area (Å²) in [4.78, 5) is 38.2. The molecule has 0 radical (unpaired) electrons. The standard InChI is InChI=1S/C28H25N3O3/c1-19-8-3-5-10-21(19)18-29-26(32)25-12-7-17-31(28(25)34)23-15-13-22(14-16-23)30-27(33)24-11-6-4-9-20(24)2/h3-17H,18H2,1-2H3,(H,29,32)(H,30,33). The maximum Gasteiger partial charge on any atom is 0.267 e. The number of benzene rings is 3. The number of nitrogens with zero attached hydrogens (tertiary/aromatic N) is 1. The van der Waals surface area contributed by atoms with Gasteiger partial charge in [-0.3, -0.25) is 19.0 Å². The van der Waals surface area contributed by atoms with Gasteiger partial charge in [0.2, 0.25) is 0 Å². The van der Waals surface area contributed by atoms with Gasteiger partial charge in [-0.15, -0.1) is 0 Å². The van der Waals surface area contributed by atoms with Gasteiger partial charge in [-0.1, -0.05) is 42.5 Å². The summed E-state index contributed by atoms with van der Waals surface area (Å²) in [7, 11) is 0. The molecule has 0 unspecified atom stereocenters. The maximum absolute atomic E-state index is 13.0. The summed E-state index contributed by atoms with van der Waals surface area (Å²) in [6, 6.07) is 25.2. The van der Waals surface area contributed by atoms with Crippen LogP contribution < -0.4 is 16.2 Å². The Morgan fingerprint density at radius 2 is 1.38 bits per heavy atom. The fourth-order valence-corrected chi connectivity index (χ4v) is 3.68. The molecule has 0 aliphatic heterocycles. The van der Waals surface area contributed by atoms with Crippen molar-refractivity contribution in [2.75, 3.05) is 5.32 Å². The molecule has 34 heavy (non-hydrogen) atoms. The lowest BCUT2D eigenvalue weighted by Gasteiger charge is -2.11. The van der Waals surface area contributed by atoms with Crippen molar-refractivity contribution in [3.8, 4) is 5.69 Å². The van der Waals surface area contributed by atoms with Gasteiger partial charge < -0.3 is 10.6 Å². The number of hydrogen-bond donors (Lipinski definition) is 2. The highest BCUT2D eigenvalue weighted by Gasteiger charge is 2.14. The summed E-state index contributed by atoms with van der Waals surface area (Å²) in [6.45, 7) is 4.20. The van der Waals surface area contributed by atoms with Crippen molar-refractivity contribution in [1.29, 1.82) is 0 Å². The van der Waals surface area contributed by atoms with E-state index in [-0.39, 0.29) is 11.5 Å². The average molecular weight is 452 g/mol. The molecule has 0 saturated heterocycles. The normalized spacial score (nSPS) is 10.5. The molecule has 0 aliphatic rings. The molecule has 1 heterocycles. The van der Waals surface area contributed by atoms with Crippen molar-refractivity contribution in [1.82, 2.24) is 9.88 Å². The van der Waals surface area contributed by atoms with Crippen LogP contribution in [0.5, 0.6) is 0 Å². The first-order valence-corrected chi connectivity index (χ1v) is 11.0. The smallest absolute Gasteiger partial charge is 0.267 e. The average Bonchev–Trinajstić information content (AvgIpc) is 2.84. The fraction of sp³-hybridized carbons (Fsp3) is 0.107. The molecule has 4 rings (SSSR count). The topological polar surface area (TPSA) is 80.2 Å². The van der Waals surface area contributed by atoms with Gasteiger partial charge in [-0.25, -0.2) is 0 Å². The Morgan fingerprint density at radius 1 is 0.735 bits per heavy atom. The number of pyridine rings is 1. The lowest BCUT2D eigenvalue weighted by Crippen LogP contribution is -2.32. The number of hydrogen-bond acceptors (Lipinski definition) is 3. The molecular weight excluding hydrogens is 426 g/mol. The van der Waals surface area contributed by atoms with Crippen LogP contribution in [0.25, 0.3) is 5.69 Å². The molecule has 170 valence electrons. The first-order valence-electron chi connectivity index (χ1n) is 11.0. The Bertz CT molecular complexity index is 1410. The van der Waals surface area contributed by atoms with Crippen LogP contribution in [0.1, 0.15) is 37.4 Å². The highest BCUT2D eigenvalue weighted by molar-refractivity contribution is 6.05. The number of aromatic nitrogens is 1. The highest BCUT2D eigenvalue weighted by atomic mass is 16.2. The zero-order valence-corrected chi connectivity index (χ0v) is 19.0. The summed E-state index contributed by atoms with van der Waals surface area (Å²) in [5.41, 5.74) is 4.41. The van der Waals surface area contributed by atoms with Crippen molar-refractivity contribution < 1.29 is 9.59 Å². The molecule has 1 aromatic heterocycles. The van der Waals surface area contributed by atoms with E-state index in [1.807, 2.05) is 56.3 Å². The third kappa shape index (κ3) is 4.96. The van der Waals surface area contributed by atoms with Gasteiger partial charge in [0, 0.05) is 29.7 Å². The van der Waals surface area contributed by atoms with Gasteiger partial charge in [0.05, 0.1) is 0 Å². The first kappa shape index (κ1) is 22.7. The number of carbonyl (C=O) groups excluding carboxylic acids is 2. The molecule has 0 spiro atoms. The van der Waals surface area contributed by atoms with Crippen molar-refractivity contribution in [2.45, 2.75) is 20.4 Å². The molecule has 2 N–H and O–H groups in total. The molecule has 6 nitrogen and oxygen atoms in total. The van der Waals surface area contributed by atoms with Gasteiger partial charge >= 0.3 is 0 Å². The summed E-state index contributed by atoms with van der Waals surface area (Å²) in [6.07, 6.45) is 1.61. The highest BCUT2D eigenvalue weighted by Crippen LogP contribution is 2.15. The number of aryl methyl sites for hydroxylation is 2. The number of rotatable bonds is 6. The summed E-state index contributed by atoms with van der Waals surface area (Å²) < 4.78 is 1.41. The maximum atomic E-state index is 13.0. The zero-order valence-electron chi connectivity index (χ0n) is 19.0. The third-order valence-corrected chi connectivity index (χ3v) is 5.69. The van der Waals surface area contributed by atoms with E-state index in [9.17, 15) is 14.4 Å². The van der Waals surface area contributed by atoms with Crippen LogP contribution in [-0.2, 0) is 6.54 Å². The Balaban J connectivity index is 1.49. The summed E-state index contributed by atoms with van der Waals surface area (Å²) in [5, 5.41) is 5.69. The Morgan fingerprint density at radius 3 is 2.09 bits per heavy atom. The molecular formula is C28H25N3O3. The van der Waals surface area contributed by atoms with Crippen molar-refractivity contribution in [2.24, 2.45) is 0 Å². The predicted octanol–water partition coefficient (Wildman–Crippen LogP) is 4.64. The Labute approximate surface area is 197 Å². The summed E-state index contributed by atoms with van der Waals surface area (Å²) >= 11 is 0. The van der Waals surface area contributed by atoms with Crippen molar-refractivity contribution >= 4 is 17.5 Å². The van der Waals surface area contributed by atoms with E-state index in [4.69, 9.17) is 0 Å². The predicted molar refractivity (Wildman–Crippen MR) is 134 cm³/mol. The minimum Gasteiger partial charge on any atom is -0.348 e. The van der Waals surface area contributed by atoms with E-state index in [2.05, 4.69) is 10.6 Å². The van der Waals surface area contributed by atoms with Gasteiger partial charge in [0.25, 0.3) is 17.4 Å². The van der Waals surface area contributed by atoms with Crippen molar-refractivity contribution in [3.05, 3.63) is 129 Å². The molecule has 2 amide bonds. The van der Waals surface area contributed by atoms with Gasteiger partial charge in [0.1, 0.15) is 5.56 Å². The first-order chi connectivity index (χ1) is 16.4. The van der Waals surface area contributed by atoms with Gasteiger partial charge in [-0.05, 0) is 73.0 Å². The van der Waals surface area contributed by atoms with Gasteiger partial charge in [0.15, 0.2) is 0 Å². The Hall–Kier alpha value is -4.45. The largest absolute Gasteiger partial charge is 0.348 e. The van der Waals surface area contributed by atoms with Crippen molar-refractivity contribution in [3.63, 3.8) is 0 Å². The van der Waals surface area contributed by atoms with E-state index >= 15 is 0 Å². The quantitative estimate of drug-likeness (QED) is 0.448. The van der Waals surface area contributed by atoms with Crippen LogP contribution in [0, 0.1) is 13.8 Å². The van der Waals surface area contributed by atoms with Crippen LogP contribution in [0.2, 0.25) is 0 Å². The lowest BCUT2D eigenvalue weighted by molar-refractivity contribution is 0.0948. The third-order valence-electron chi connectivity index (χ3n) is 5.69. The summed E-state index contributed by atoms with van der Waals surface area (Å²) in [5.74, 6) is -0.625. The second-order valence-electron chi connectivity index (χ2n) is 8.02. The number of carbonyl (C=O) groups is 2. The van der Waals surface area contributed by atoms with Gasteiger partial charge in [-0.2, -0.15) is 0 Å². The van der Waals surface area contributed by atoms with E-state index < -0.39 is 11.5 Å². The Kier molecular flexibility index (Phi) is 6.69. The van der Waals surface area contributed by atoms with Crippen LogP contribution >= 0.6 is 0 Å². The molecule has 4 aromatic rings. The van der Waals surface area contributed by atoms with E-state index in [1.165, 1.54) is 10.6 Å². The zero-order chi connectivity index (χ0) is 24.1. The minimum absolute atomic E-state index is 0.0630. The molecule has 0 bridgehead atoms. The van der Waals surface area contributed by atoms with Crippen LogP contribution in [0.3, 0.4) is 0 Å². The second kappa shape index (κ2) is 10.0. The number of nitrogens with one attached hydrogen (secondary N) is 2. The second-order valence-corrected chi connectivity index (χ2v) is 8.02. The monoisotopic (exact) mass is 451 g/mol. The molecule has 6 heteroatoms. The molecule has 0 aliphatic carbocycles. The molecule has 0 fully saturated rings. The van der Waals surface area contributed by atoms with Crippen LogP contribution in [-0.4, -0.2) is 16.4 Å². The molecule has 0 saturated carbocycles.